The SMILES string of the molecule is CS(=O)(=O)NCC(c1ccco1)N1CCc2ccccc2C1. The first-order valence-electron chi connectivity index (χ1n) is 7.32. The van der Waals surface area contributed by atoms with Crippen LogP contribution in [-0.4, -0.2) is 32.7 Å². The van der Waals surface area contributed by atoms with Crippen molar-refractivity contribution in [3.63, 3.8) is 0 Å². The highest BCUT2D eigenvalue weighted by atomic mass is 32.2. The summed E-state index contributed by atoms with van der Waals surface area (Å²) < 4.78 is 31.0. The van der Waals surface area contributed by atoms with Gasteiger partial charge in [0.1, 0.15) is 5.76 Å². The fourth-order valence-corrected chi connectivity index (χ4v) is 3.37. The average molecular weight is 320 g/mol. The largest absolute Gasteiger partial charge is 0.468 e. The minimum Gasteiger partial charge on any atom is -0.468 e. The lowest BCUT2D eigenvalue weighted by Crippen LogP contribution is -2.40. The first kappa shape index (κ1) is 15.3. The van der Waals surface area contributed by atoms with Gasteiger partial charge in [0, 0.05) is 19.6 Å². The van der Waals surface area contributed by atoms with Crippen molar-refractivity contribution in [3.8, 4) is 0 Å². The van der Waals surface area contributed by atoms with Crippen LogP contribution in [0.1, 0.15) is 22.9 Å². The molecule has 0 spiro atoms. The van der Waals surface area contributed by atoms with Crippen LogP contribution in [-0.2, 0) is 23.0 Å². The molecule has 1 aliphatic heterocycles. The number of nitrogens with one attached hydrogen (secondary N) is 1. The molecule has 0 aliphatic carbocycles. The molecule has 6 heteroatoms. The Bertz CT molecular complexity index is 726. The molecule has 2 aromatic rings. The van der Waals surface area contributed by atoms with E-state index in [4.69, 9.17) is 4.42 Å². The van der Waals surface area contributed by atoms with Gasteiger partial charge >= 0.3 is 0 Å². The minimum absolute atomic E-state index is 0.0990. The average Bonchev–Trinajstić information content (AvgIpc) is 3.00. The number of rotatable bonds is 5. The zero-order chi connectivity index (χ0) is 15.6. The Labute approximate surface area is 131 Å². The highest BCUT2D eigenvalue weighted by Crippen LogP contribution is 2.27. The Kier molecular flexibility index (Phi) is 4.33. The number of fused-ring (bicyclic) bond motifs is 1. The number of nitrogens with zero attached hydrogens (tertiary/aromatic N) is 1. The highest BCUT2D eigenvalue weighted by molar-refractivity contribution is 7.88. The maximum atomic E-state index is 11.4. The Balaban J connectivity index is 1.81. The Morgan fingerprint density at radius 3 is 2.68 bits per heavy atom. The van der Waals surface area contributed by atoms with Gasteiger partial charge in [-0.1, -0.05) is 24.3 Å². The fourth-order valence-electron chi connectivity index (χ4n) is 2.90. The van der Waals surface area contributed by atoms with E-state index in [1.54, 1.807) is 6.26 Å². The van der Waals surface area contributed by atoms with Gasteiger partial charge in [-0.05, 0) is 29.7 Å². The first-order chi connectivity index (χ1) is 10.5. The normalized spacial score (nSPS) is 17.1. The molecule has 1 aliphatic rings. The van der Waals surface area contributed by atoms with Crippen LogP contribution in [0.15, 0.2) is 47.1 Å². The van der Waals surface area contributed by atoms with Crippen molar-refractivity contribution in [2.45, 2.75) is 19.0 Å². The summed E-state index contributed by atoms with van der Waals surface area (Å²) in [6, 6.07) is 12.0. The molecule has 0 saturated heterocycles. The van der Waals surface area contributed by atoms with Gasteiger partial charge in [-0.3, -0.25) is 4.90 Å². The Morgan fingerprint density at radius 1 is 1.23 bits per heavy atom. The smallest absolute Gasteiger partial charge is 0.208 e. The molecule has 0 bridgehead atoms. The second-order valence-corrected chi connectivity index (χ2v) is 7.47. The van der Waals surface area contributed by atoms with E-state index in [1.165, 1.54) is 17.4 Å². The predicted molar refractivity (Wildman–Crippen MR) is 84.9 cm³/mol. The molecule has 5 nitrogen and oxygen atoms in total. The van der Waals surface area contributed by atoms with Crippen LogP contribution in [0.5, 0.6) is 0 Å². The Hall–Kier alpha value is -1.63. The third kappa shape index (κ3) is 3.58. The number of hydrogen-bond acceptors (Lipinski definition) is 4. The van der Waals surface area contributed by atoms with E-state index >= 15 is 0 Å². The molecule has 1 aromatic carbocycles. The molecular formula is C16H20N2O3S. The summed E-state index contributed by atoms with van der Waals surface area (Å²) in [5.74, 6) is 0.788. The van der Waals surface area contributed by atoms with Crippen LogP contribution < -0.4 is 4.72 Å². The Morgan fingerprint density at radius 2 is 2.00 bits per heavy atom. The van der Waals surface area contributed by atoms with E-state index in [0.29, 0.717) is 6.54 Å². The molecule has 118 valence electrons. The van der Waals surface area contributed by atoms with Crippen LogP contribution in [0.2, 0.25) is 0 Å². The quantitative estimate of drug-likeness (QED) is 0.914. The van der Waals surface area contributed by atoms with Crippen molar-refractivity contribution in [2.24, 2.45) is 0 Å². The predicted octanol–water partition coefficient (Wildman–Crippen LogP) is 1.93. The molecular weight excluding hydrogens is 300 g/mol. The summed E-state index contributed by atoms with van der Waals surface area (Å²) in [7, 11) is -3.23. The number of sulfonamides is 1. The molecule has 0 saturated carbocycles. The lowest BCUT2D eigenvalue weighted by atomic mass is 9.98. The van der Waals surface area contributed by atoms with E-state index in [2.05, 4.69) is 27.8 Å². The van der Waals surface area contributed by atoms with Crippen molar-refractivity contribution in [1.29, 1.82) is 0 Å². The molecule has 1 atom stereocenters. The van der Waals surface area contributed by atoms with Gasteiger partial charge < -0.3 is 4.42 Å². The summed E-state index contributed by atoms with van der Waals surface area (Å²) in [4.78, 5) is 2.26. The van der Waals surface area contributed by atoms with Crippen molar-refractivity contribution < 1.29 is 12.8 Å². The van der Waals surface area contributed by atoms with Gasteiger partial charge in [0.15, 0.2) is 0 Å². The standard InChI is InChI=1S/C16H20N2O3S/c1-22(19,20)17-11-15(16-7-4-10-21-16)18-9-8-13-5-2-3-6-14(13)12-18/h2-7,10,15,17H,8-9,11-12H2,1H3. The van der Waals surface area contributed by atoms with Gasteiger partial charge in [0.05, 0.1) is 18.6 Å². The topological polar surface area (TPSA) is 62.6 Å². The van der Waals surface area contributed by atoms with Crippen LogP contribution >= 0.6 is 0 Å². The van der Waals surface area contributed by atoms with Gasteiger partial charge in [-0.15, -0.1) is 0 Å². The van der Waals surface area contributed by atoms with Crippen molar-refractivity contribution in [1.82, 2.24) is 9.62 Å². The van der Waals surface area contributed by atoms with Crippen molar-refractivity contribution >= 4 is 10.0 Å². The van der Waals surface area contributed by atoms with E-state index in [9.17, 15) is 8.42 Å². The van der Waals surface area contributed by atoms with Gasteiger partial charge in [0.2, 0.25) is 10.0 Å². The summed E-state index contributed by atoms with van der Waals surface area (Å²) >= 11 is 0. The lowest BCUT2D eigenvalue weighted by molar-refractivity contribution is 0.160. The molecule has 22 heavy (non-hydrogen) atoms. The molecule has 2 heterocycles. The minimum atomic E-state index is -3.23. The van der Waals surface area contributed by atoms with E-state index in [-0.39, 0.29) is 6.04 Å². The molecule has 0 radical (unpaired) electrons. The van der Waals surface area contributed by atoms with Gasteiger partial charge in [0.25, 0.3) is 0 Å². The van der Waals surface area contributed by atoms with E-state index < -0.39 is 10.0 Å². The zero-order valence-corrected chi connectivity index (χ0v) is 13.3. The highest BCUT2D eigenvalue weighted by Gasteiger charge is 2.27. The second kappa shape index (κ2) is 6.24. The summed E-state index contributed by atoms with van der Waals surface area (Å²) in [5, 5.41) is 0. The monoisotopic (exact) mass is 320 g/mol. The van der Waals surface area contributed by atoms with Crippen LogP contribution in [0.25, 0.3) is 0 Å². The molecule has 3 rings (SSSR count). The summed E-state index contributed by atoms with van der Waals surface area (Å²) in [6.07, 6.45) is 3.77. The van der Waals surface area contributed by atoms with E-state index in [1.807, 2.05) is 18.2 Å². The molecule has 1 unspecified atom stereocenters. The lowest BCUT2D eigenvalue weighted by Gasteiger charge is -2.34. The number of benzene rings is 1. The summed E-state index contributed by atoms with van der Waals surface area (Å²) in [6.45, 7) is 2.00. The number of furan rings is 1. The fraction of sp³-hybridized carbons (Fsp3) is 0.375. The molecule has 1 N–H and O–H groups in total. The second-order valence-electron chi connectivity index (χ2n) is 5.64. The van der Waals surface area contributed by atoms with Crippen LogP contribution in [0, 0.1) is 0 Å². The third-order valence-electron chi connectivity index (χ3n) is 4.01. The maximum absolute atomic E-state index is 11.4. The van der Waals surface area contributed by atoms with Gasteiger partial charge in [-0.25, -0.2) is 13.1 Å². The summed E-state index contributed by atoms with van der Waals surface area (Å²) in [5.41, 5.74) is 2.66. The molecule has 0 amide bonds. The van der Waals surface area contributed by atoms with Crippen molar-refractivity contribution in [3.05, 3.63) is 59.5 Å². The third-order valence-corrected chi connectivity index (χ3v) is 4.70. The number of hydrogen-bond donors (Lipinski definition) is 1. The van der Waals surface area contributed by atoms with Gasteiger partial charge in [-0.2, -0.15) is 0 Å². The zero-order valence-electron chi connectivity index (χ0n) is 12.5. The molecule has 0 fully saturated rings. The first-order valence-corrected chi connectivity index (χ1v) is 9.21. The maximum Gasteiger partial charge on any atom is 0.208 e. The van der Waals surface area contributed by atoms with Crippen LogP contribution in [0.4, 0.5) is 0 Å². The van der Waals surface area contributed by atoms with Crippen LogP contribution in [0.3, 0.4) is 0 Å². The van der Waals surface area contributed by atoms with E-state index in [0.717, 1.165) is 25.3 Å². The molecule has 1 aromatic heterocycles. The van der Waals surface area contributed by atoms with Crippen molar-refractivity contribution in [2.75, 3.05) is 19.3 Å².